The Morgan fingerprint density at radius 2 is 2.19 bits per heavy atom. The first-order valence-corrected chi connectivity index (χ1v) is 6.23. The monoisotopic (exact) mass is 229 g/mol. The molecule has 1 aliphatic rings. The van der Waals surface area contributed by atoms with Gasteiger partial charge in [-0.2, -0.15) is 0 Å². The van der Waals surface area contributed by atoms with Gasteiger partial charge in [0.15, 0.2) is 0 Å². The van der Waals surface area contributed by atoms with Gasteiger partial charge in [0.25, 0.3) is 0 Å². The minimum atomic E-state index is -0.132. The van der Waals surface area contributed by atoms with Gasteiger partial charge < -0.3 is 14.8 Å². The lowest BCUT2D eigenvalue weighted by Gasteiger charge is -2.28. The zero-order valence-corrected chi connectivity index (χ0v) is 10.3. The molecular formula is C12H23NO3. The van der Waals surface area contributed by atoms with Crippen molar-refractivity contribution in [2.75, 3.05) is 26.4 Å². The van der Waals surface area contributed by atoms with Crippen LogP contribution in [0.25, 0.3) is 0 Å². The second kappa shape index (κ2) is 7.63. The largest absolute Gasteiger partial charge is 0.462 e. The van der Waals surface area contributed by atoms with Crippen LogP contribution in [-0.4, -0.2) is 38.4 Å². The summed E-state index contributed by atoms with van der Waals surface area (Å²) in [5, 5.41) is 3.21. The van der Waals surface area contributed by atoms with Crippen molar-refractivity contribution in [1.82, 2.24) is 5.32 Å². The molecule has 0 amide bonds. The van der Waals surface area contributed by atoms with Crippen LogP contribution in [0.4, 0.5) is 0 Å². The fourth-order valence-corrected chi connectivity index (χ4v) is 1.90. The number of hydrogen-bond acceptors (Lipinski definition) is 4. The summed E-state index contributed by atoms with van der Waals surface area (Å²) in [7, 11) is 0. The Morgan fingerprint density at radius 1 is 1.38 bits per heavy atom. The molecule has 1 N–H and O–H groups in total. The summed E-state index contributed by atoms with van der Waals surface area (Å²) in [4.78, 5) is 11.7. The van der Waals surface area contributed by atoms with E-state index in [1.807, 2.05) is 0 Å². The molecule has 1 fully saturated rings. The van der Waals surface area contributed by atoms with E-state index in [1.165, 1.54) is 0 Å². The Hall–Kier alpha value is -0.610. The number of rotatable bonds is 6. The molecule has 2 atom stereocenters. The Labute approximate surface area is 97.7 Å². The van der Waals surface area contributed by atoms with Crippen LogP contribution in [0.3, 0.4) is 0 Å². The van der Waals surface area contributed by atoms with Crippen molar-refractivity contribution < 1.29 is 14.3 Å². The number of hydrogen-bond donors (Lipinski definition) is 1. The Morgan fingerprint density at radius 3 is 2.88 bits per heavy atom. The highest BCUT2D eigenvalue weighted by Gasteiger charge is 2.28. The lowest BCUT2D eigenvalue weighted by molar-refractivity contribution is -0.149. The molecule has 0 aliphatic carbocycles. The molecule has 4 nitrogen and oxygen atoms in total. The van der Waals surface area contributed by atoms with Gasteiger partial charge in [0, 0.05) is 6.61 Å². The first-order valence-electron chi connectivity index (χ1n) is 6.23. The minimum Gasteiger partial charge on any atom is -0.462 e. The van der Waals surface area contributed by atoms with E-state index < -0.39 is 0 Å². The Kier molecular flexibility index (Phi) is 6.42. The molecule has 1 aliphatic heterocycles. The van der Waals surface area contributed by atoms with Crippen molar-refractivity contribution in [2.45, 2.75) is 39.2 Å². The highest BCUT2D eigenvalue weighted by Crippen LogP contribution is 2.16. The highest BCUT2D eigenvalue weighted by atomic mass is 16.6. The Bertz CT molecular complexity index is 208. The topological polar surface area (TPSA) is 47.6 Å². The first kappa shape index (κ1) is 13.5. The van der Waals surface area contributed by atoms with Crippen molar-refractivity contribution in [3.8, 4) is 0 Å². The van der Waals surface area contributed by atoms with Crippen molar-refractivity contribution in [2.24, 2.45) is 5.92 Å². The van der Waals surface area contributed by atoms with Gasteiger partial charge in [-0.3, -0.25) is 4.79 Å². The van der Waals surface area contributed by atoms with E-state index in [4.69, 9.17) is 9.47 Å². The fraction of sp³-hybridized carbons (Fsp3) is 0.917. The van der Waals surface area contributed by atoms with Gasteiger partial charge in [0.1, 0.15) is 12.6 Å². The lowest BCUT2D eigenvalue weighted by Crippen LogP contribution is -2.46. The molecule has 1 heterocycles. The molecular weight excluding hydrogens is 206 g/mol. The number of piperidine rings is 1. The third-order valence-corrected chi connectivity index (χ3v) is 2.84. The van der Waals surface area contributed by atoms with Crippen LogP contribution in [0.2, 0.25) is 0 Å². The molecule has 1 saturated heterocycles. The van der Waals surface area contributed by atoms with Crippen molar-refractivity contribution >= 4 is 5.97 Å². The molecule has 16 heavy (non-hydrogen) atoms. The average molecular weight is 229 g/mol. The molecule has 0 spiro atoms. The second-order valence-electron chi connectivity index (χ2n) is 4.33. The Balaban J connectivity index is 2.13. The molecule has 0 saturated carbocycles. The van der Waals surface area contributed by atoms with E-state index in [-0.39, 0.29) is 12.0 Å². The predicted molar refractivity (Wildman–Crippen MR) is 62.3 cm³/mol. The van der Waals surface area contributed by atoms with Crippen molar-refractivity contribution in [1.29, 1.82) is 0 Å². The molecule has 0 aromatic rings. The number of esters is 1. The molecule has 0 bridgehead atoms. The third kappa shape index (κ3) is 4.49. The minimum absolute atomic E-state index is 0.125. The van der Waals surface area contributed by atoms with Crippen molar-refractivity contribution in [3.63, 3.8) is 0 Å². The quantitative estimate of drug-likeness (QED) is 0.551. The standard InChI is InChI=1S/C12H23NO3/c1-3-7-15-8-9-16-12(14)11-10(2)5-4-6-13-11/h10-11,13H,3-9H2,1-2H3. The van der Waals surface area contributed by atoms with Crippen LogP contribution in [0.5, 0.6) is 0 Å². The van der Waals surface area contributed by atoms with E-state index in [9.17, 15) is 4.79 Å². The van der Waals surface area contributed by atoms with Gasteiger partial charge in [0.05, 0.1) is 6.61 Å². The smallest absolute Gasteiger partial charge is 0.323 e. The zero-order valence-electron chi connectivity index (χ0n) is 10.3. The summed E-state index contributed by atoms with van der Waals surface area (Å²) in [6, 6.07) is -0.125. The van der Waals surface area contributed by atoms with E-state index >= 15 is 0 Å². The molecule has 94 valence electrons. The van der Waals surface area contributed by atoms with Crippen LogP contribution in [0, 0.1) is 5.92 Å². The van der Waals surface area contributed by atoms with Gasteiger partial charge in [-0.1, -0.05) is 13.8 Å². The molecule has 2 unspecified atom stereocenters. The molecule has 4 heteroatoms. The maximum Gasteiger partial charge on any atom is 0.323 e. The van der Waals surface area contributed by atoms with E-state index in [1.54, 1.807) is 0 Å². The van der Waals surface area contributed by atoms with E-state index in [2.05, 4.69) is 19.2 Å². The second-order valence-corrected chi connectivity index (χ2v) is 4.33. The van der Waals surface area contributed by atoms with Crippen LogP contribution >= 0.6 is 0 Å². The number of carbonyl (C=O) groups is 1. The van der Waals surface area contributed by atoms with Gasteiger partial charge >= 0.3 is 5.97 Å². The maximum absolute atomic E-state index is 11.7. The zero-order chi connectivity index (χ0) is 11.8. The average Bonchev–Trinajstić information content (AvgIpc) is 2.29. The fourth-order valence-electron chi connectivity index (χ4n) is 1.90. The molecule has 1 rings (SSSR count). The number of nitrogens with one attached hydrogen (secondary N) is 1. The van der Waals surface area contributed by atoms with Crippen molar-refractivity contribution in [3.05, 3.63) is 0 Å². The first-order chi connectivity index (χ1) is 7.75. The van der Waals surface area contributed by atoms with E-state index in [0.717, 1.165) is 32.4 Å². The highest BCUT2D eigenvalue weighted by molar-refractivity contribution is 5.76. The predicted octanol–water partition coefficient (Wildman–Crippen LogP) is 1.34. The van der Waals surface area contributed by atoms with Crippen LogP contribution in [0.15, 0.2) is 0 Å². The lowest BCUT2D eigenvalue weighted by atomic mass is 9.93. The summed E-state index contributed by atoms with van der Waals surface area (Å²) in [5.74, 6) is 0.241. The summed E-state index contributed by atoms with van der Waals surface area (Å²) >= 11 is 0. The molecule has 0 radical (unpaired) electrons. The van der Waals surface area contributed by atoms with Crippen LogP contribution < -0.4 is 5.32 Å². The molecule has 0 aromatic carbocycles. The van der Waals surface area contributed by atoms with Gasteiger partial charge in [0.2, 0.25) is 0 Å². The molecule has 0 aromatic heterocycles. The van der Waals surface area contributed by atoms with Gasteiger partial charge in [-0.05, 0) is 31.7 Å². The van der Waals surface area contributed by atoms with E-state index in [0.29, 0.717) is 19.1 Å². The summed E-state index contributed by atoms with van der Waals surface area (Å²) in [5.41, 5.74) is 0. The summed E-state index contributed by atoms with van der Waals surface area (Å²) in [6.07, 6.45) is 3.23. The number of carbonyl (C=O) groups excluding carboxylic acids is 1. The maximum atomic E-state index is 11.7. The summed E-state index contributed by atoms with van der Waals surface area (Å²) < 4.78 is 10.4. The van der Waals surface area contributed by atoms with Crippen LogP contribution in [-0.2, 0) is 14.3 Å². The summed E-state index contributed by atoms with van der Waals surface area (Å²) in [6.45, 7) is 6.65. The van der Waals surface area contributed by atoms with Gasteiger partial charge in [-0.25, -0.2) is 0 Å². The normalized spacial score (nSPS) is 25.4. The third-order valence-electron chi connectivity index (χ3n) is 2.84. The SMILES string of the molecule is CCCOCCOC(=O)C1NCCCC1C. The van der Waals surface area contributed by atoms with Gasteiger partial charge in [-0.15, -0.1) is 0 Å². The van der Waals surface area contributed by atoms with Crippen LogP contribution in [0.1, 0.15) is 33.1 Å². The number of ether oxygens (including phenoxy) is 2.